The lowest BCUT2D eigenvalue weighted by Crippen LogP contribution is -1.96. The Morgan fingerprint density at radius 1 is 0.697 bits per heavy atom. The summed E-state index contributed by atoms with van der Waals surface area (Å²) in [7, 11) is 0. The van der Waals surface area contributed by atoms with Gasteiger partial charge in [0.15, 0.2) is 0 Å². The largest absolute Gasteiger partial charge is 0.206 e. The molecule has 0 spiro atoms. The van der Waals surface area contributed by atoms with E-state index in [0.29, 0.717) is 22.9 Å². The van der Waals surface area contributed by atoms with Crippen molar-refractivity contribution >= 4 is 10.8 Å². The molecule has 0 amide bonds. The van der Waals surface area contributed by atoms with E-state index in [4.69, 9.17) is 5.26 Å². The van der Waals surface area contributed by atoms with Crippen molar-refractivity contribution in [1.82, 2.24) is 0 Å². The molecule has 1 nitrogen and oxygen atoms in total. The molecule has 0 atom stereocenters. The Labute approximate surface area is 195 Å². The van der Waals surface area contributed by atoms with Gasteiger partial charge in [-0.3, -0.25) is 0 Å². The van der Waals surface area contributed by atoms with Crippen LogP contribution in [0, 0.1) is 29.0 Å². The van der Waals surface area contributed by atoms with Crippen molar-refractivity contribution in [3.63, 3.8) is 0 Å². The smallest absolute Gasteiger partial charge is 0.134 e. The zero-order chi connectivity index (χ0) is 23.0. The van der Waals surface area contributed by atoms with Crippen LogP contribution in [-0.4, -0.2) is 0 Å². The van der Waals surface area contributed by atoms with Crippen molar-refractivity contribution in [2.75, 3.05) is 0 Å². The predicted molar refractivity (Wildman–Crippen MR) is 134 cm³/mol. The minimum absolute atomic E-state index is 0.164. The van der Waals surface area contributed by atoms with Gasteiger partial charge in [0.2, 0.25) is 0 Å². The van der Waals surface area contributed by atoms with E-state index in [0.717, 1.165) is 34.9 Å². The maximum atomic E-state index is 15.1. The standard InChI is InChI=1S/C31H26FN/c1-2-3-4-23-5-7-24(8-6-23)9-12-26-16-20-30-29(21-26)19-18-28(31(30)32)17-15-25-10-13-27(22-33)14-11-25/h5-8,10-11,13-14,16,18-21H,2-4,15,17H2,1H3. The normalized spacial score (nSPS) is 10.5. The second-order valence-electron chi connectivity index (χ2n) is 8.33. The molecule has 4 aromatic rings. The first-order valence-electron chi connectivity index (χ1n) is 11.5. The third-order valence-electron chi connectivity index (χ3n) is 5.92. The number of benzene rings is 4. The van der Waals surface area contributed by atoms with E-state index in [1.54, 1.807) is 12.1 Å². The van der Waals surface area contributed by atoms with Crippen molar-refractivity contribution in [1.29, 1.82) is 5.26 Å². The van der Waals surface area contributed by atoms with Crippen molar-refractivity contribution in [3.05, 3.63) is 118 Å². The topological polar surface area (TPSA) is 23.8 Å². The van der Waals surface area contributed by atoms with E-state index in [1.807, 2.05) is 42.5 Å². The van der Waals surface area contributed by atoms with Crippen LogP contribution in [0.2, 0.25) is 0 Å². The summed E-state index contributed by atoms with van der Waals surface area (Å²) in [5.41, 5.74) is 5.64. The van der Waals surface area contributed by atoms with Crippen LogP contribution in [-0.2, 0) is 19.3 Å². The summed E-state index contributed by atoms with van der Waals surface area (Å²) in [4.78, 5) is 0. The fourth-order valence-electron chi connectivity index (χ4n) is 3.91. The highest BCUT2D eigenvalue weighted by Crippen LogP contribution is 2.23. The summed E-state index contributed by atoms with van der Waals surface area (Å²) in [6, 6.07) is 27.5. The molecule has 0 N–H and O–H groups in total. The van der Waals surface area contributed by atoms with E-state index in [-0.39, 0.29) is 5.82 Å². The Hall–Kier alpha value is -3.88. The van der Waals surface area contributed by atoms with Gasteiger partial charge in [0.25, 0.3) is 0 Å². The molecular formula is C31H26FN. The number of nitrogens with zero attached hydrogens (tertiary/aromatic N) is 1. The first-order chi connectivity index (χ1) is 16.2. The molecule has 0 heterocycles. The van der Waals surface area contributed by atoms with E-state index in [2.05, 4.69) is 49.1 Å². The van der Waals surface area contributed by atoms with Gasteiger partial charge in [-0.2, -0.15) is 5.26 Å². The van der Waals surface area contributed by atoms with E-state index in [1.165, 1.54) is 18.4 Å². The van der Waals surface area contributed by atoms with Gasteiger partial charge >= 0.3 is 0 Å². The molecule has 4 aromatic carbocycles. The third kappa shape index (κ3) is 5.68. The summed E-state index contributed by atoms with van der Waals surface area (Å²) in [6.07, 6.45) is 4.85. The molecule has 4 rings (SSSR count). The Bertz CT molecular complexity index is 1350. The van der Waals surface area contributed by atoms with Crippen LogP contribution in [0.3, 0.4) is 0 Å². The zero-order valence-electron chi connectivity index (χ0n) is 18.9. The Balaban J connectivity index is 1.47. The van der Waals surface area contributed by atoms with Gasteiger partial charge in [-0.1, -0.05) is 67.6 Å². The average molecular weight is 432 g/mol. The first-order valence-corrected chi connectivity index (χ1v) is 11.5. The Morgan fingerprint density at radius 3 is 2.03 bits per heavy atom. The molecule has 33 heavy (non-hydrogen) atoms. The van der Waals surface area contributed by atoms with Crippen LogP contribution in [0.25, 0.3) is 10.8 Å². The molecule has 0 aliphatic heterocycles. The van der Waals surface area contributed by atoms with Crippen molar-refractivity contribution in [2.24, 2.45) is 0 Å². The zero-order valence-corrected chi connectivity index (χ0v) is 18.9. The van der Waals surface area contributed by atoms with Crippen molar-refractivity contribution in [2.45, 2.75) is 39.0 Å². The molecule has 2 heteroatoms. The number of nitriles is 1. The monoisotopic (exact) mass is 431 g/mol. The fraction of sp³-hybridized carbons (Fsp3) is 0.194. The lowest BCUT2D eigenvalue weighted by Gasteiger charge is -2.08. The van der Waals surface area contributed by atoms with Crippen molar-refractivity contribution < 1.29 is 4.39 Å². The fourth-order valence-corrected chi connectivity index (χ4v) is 3.91. The number of halogens is 1. The lowest BCUT2D eigenvalue weighted by atomic mass is 9.98. The summed E-state index contributed by atoms with van der Waals surface area (Å²) in [5.74, 6) is 6.26. The number of aryl methyl sites for hydroxylation is 3. The number of hydrogen-bond donors (Lipinski definition) is 0. The SMILES string of the molecule is CCCCc1ccc(C#Cc2ccc3c(F)c(CCc4ccc(C#N)cc4)ccc3c2)cc1. The number of unbranched alkanes of at least 4 members (excludes halogenated alkanes) is 1. The van der Waals surface area contributed by atoms with E-state index >= 15 is 4.39 Å². The number of rotatable bonds is 6. The maximum Gasteiger partial charge on any atom is 0.134 e. The van der Waals surface area contributed by atoms with Gasteiger partial charge in [0.1, 0.15) is 5.82 Å². The van der Waals surface area contributed by atoms with E-state index in [9.17, 15) is 0 Å². The molecule has 0 aliphatic carbocycles. The van der Waals surface area contributed by atoms with Crippen molar-refractivity contribution in [3.8, 4) is 17.9 Å². The molecule has 0 bridgehead atoms. The van der Waals surface area contributed by atoms with Gasteiger partial charge in [-0.05, 0) is 84.2 Å². The van der Waals surface area contributed by atoms with Crippen LogP contribution in [0.4, 0.5) is 4.39 Å². The summed E-state index contributed by atoms with van der Waals surface area (Å²) >= 11 is 0. The molecule has 0 saturated carbocycles. The number of hydrogen-bond acceptors (Lipinski definition) is 1. The highest BCUT2D eigenvalue weighted by Gasteiger charge is 2.08. The minimum Gasteiger partial charge on any atom is -0.206 e. The molecule has 0 aromatic heterocycles. The molecule has 0 fully saturated rings. The molecule has 0 unspecified atom stereocenters. The summed E-state index contributed by atoms with van der Waals surface area (Å²) in [5, 5.41) is 10.4. The summed E-state index contributed by atoms with van der Waals surface area (Å²) < 4.78 is 15.1. The van der Waals surface area contributed by atoms with Crippen LogP contribution >= 0.6 is 0 Å². The summed E-state index contributed by atoms with van der Waals surface area (Å²) in [6.45, 7) is 2.20. The highest BCUT2D eigenvalue weighted by atomic mass is 19.1. The third-order valence-corrected chi connectivity index (χ3v) is 5.92. The second kappa shape index (κ2) is 10.6. The maximum absolute atomic E-state index is 15.1. The van der Waals surface area contributed by atoms with Gasteiger partial charge < -0.3 is 0 Å². The average Bonchev–Trinajstić information content (AvgIpc) is 2.86. The molecular weight excluding hydrogens is 405 g/mol. The van der Waals surface area contributed by atoms with Crippen LogP contribution in [0.1, 0.15) is 53.1 Å². The van der Waals surface area contributed by atoms with Gasteiger partial charge in [-0.25, -0.2) is 4.39 Å². The number of fused-ring (bicyclic) bond motifs is 1. The minimum atomic E-state index is -0.164. The van der Waals surface area contributed by atoms with Gasteiger partial charge in [-0.15, -0.1) is 0 Å². The van der Waals surface area contributed by atoms with Crippen LogP contribution in [0.15, 0.2) is 78.9 Å². The Morgan fingerprint density at radius 2 is 1.33 bits per heavy atom. The predicted octanol–water partition coefficient (Wildman–Crippen LogP) is 7.38. The van der Waals surface area contributed by atoms with Gasteiger partial charge in [0, 0.05) is 16.5 Å². The molecule has 0 saturated heterocycles. The quantitative estimate of drug-likeness (QED) is 0.292. The lowest BCUT2D eigenvalue weighted by molar-refractivity contribution is 0.620. The van der Waals surface area contributed by atoms with Crippen LogP contribution in [0.5, 0.6) is 0 Å². The molecule has 0 radical (unpaired) electrons. The van der Waals surface area contributed by atoms with E-state index < -0.39 is 0 Å². The van der Waals surface area contributed by atoms with Gasteiger partial charge in [0.05, 0.1) is 11.6 Å². The second-order valence-corrected chi connectivity index (χ2v) is 8.33. The Kier molecular flexibility index (Phi) is 7.19. The highest BCUT2D eigenvalue weighted by molar-refractivity contribution is 5.85. The first kappa shape index (κ1) is 22.3. The van der Waals surface area contributed by atoms with Crippen LogP contribution < -0.4 is 0 Å². The molecule has 0 aliphatic rings. The molecule has 162 valence electrons.